The average Bonchev–Trinajstić information content (AvgIpc) is 3.07. The molecule has 0 saturated heterocycles. The third kappa shape index (κ3) is 2.80. The van der Waals surface area contributed by atoms with Gasteiger partial charge in [0.05, 0.1) is 0 Å². The smallest absolute Gasteiger partial charge is 0.0493 e. The van der Waals surface area contributed by atoms with Gasteiger partial charge in [0.1, 0.15) is 0 Å². The van der Waals surface area contributed by atoms with E-state index in [1.54, 1.807) is 0 Å². The molecule has 0 aliphatic carbocycles. The van der Waals surface area contributed by atoms with E-state index in [2.05, 4.69) is 55.6 Å². The fourth-order valence-electron chi connectivity index (χ4n) is 2.82. The van der Waals surface area contributed by atoms with Crippen LogP contribution in [-0.2, 0) is 0 Å². The Morgan fingerprint density at radius 2 is 2.10 bits per heavy atom. The van der Waals surface area contributed by atoms with E-state index in [1.165, 1.54) is 32.4 Å². The molecular weight excluding hydrogens is 282 g/mol. The van der Waals surface area contributed by atoms with Crippen LogP contribution < -0.4 is 5.32 Å². The van der Waals surface area contributed by atoms with Crippen LogP contribution in [0.25, 0.3) is 0 Å². The predicted molar refractivity (Wildman–Crippen MR) is 90.0 cm³/mol. The monoisotopic (exact) mass is 303 g/mol. The number of hydrogen-bond donors (Lipinski definition) is 1. The fraction of sp³-hybridized carbons (Fsp3) is 0.412. The summed E-state index contributed by atoms with van der Waals surface area (Å²) in [6, 6.07) is 13.9. The molecule has 0 fully saturated rings. The molecule has 1 aromatic heterocycles. The summed E-state index contributed by atoms with van der Waals surface area (Å²) >= 11 is 3.94. The third-order valence-electron chi connectivity index (χ3n) is 3.82. The standard InChI is InChI=1S/C17H21NS2/c1-3-10-18-17(16-9-8-12(2)20-16)14-11-19-15-7-5-4-6-13(14)15/h4-9,14,17-18H,3,10-11H2,1-2H3. The van der Waals surface area contributed by atoms with Crippen LogP contribution >= 0.6 is 23.1 Å². The van der Waals surface area contributed by atoms with Gasteiger partial charge < -0.3 is 5.32 Å². The summed E-state index contributed by atoms with van der Waals surface area (Å²) in [6.07, 6.45) is 1.18. The quantitative estimate of drug-likeness (QED) is 0.835. The zero-order valence-corrected chi connectivity index (χ0v) is 13.7. The molecule has 0 bridgehead atoms. The lowest BCUT2D eigenvalue weighted by Gasteiger charge is -2.24. The fourth-order valence-corrected chi connectivity index (χ4v) is 5.14. The van der Waals surface area contributed by atoms with Crippen molar-refractivity contribution >= 4 is 23.1 Å². The van der Waals surface area contributed by atoms with Gasteiger partial charge in [-0.2, -0.15) is 0 Å². The zero-order valence-electron chi connectivity index (χ0n) is 12.1. The number of rotatable bonds is 5. The van der Waals surface area contributed by atoms with E-state index in [-0.39, 0.29) is 0 Å². The maximum atomic E-state index is 3.78. The number of nitrogens with one attached hydrogen (secondary N) is 1. The zero-order chi connectivity index (χ0) is 13.9. The van der Waals surface area contributed by atoms with Gasteiger partial charge in [-0.25, -0.2) is 0 Å². The van der Waals surface area contributed by atoms with Gasteiger partial charge in [-0.05, 0) is 43.7 Å². The highest BCUT2D eigenvalue weighted by Crippen LogP contribution is 2.46. The SMILES string of the molecule is CCCNC(c1ccc(C)s1)C1CSc2ccccc21. The number of benzene rings is 1. The normalized spacial score (nSPS) is 19.0. The van der Waals surface area contributed by atoms with Crippen molar-refractivity contribution in [1.29, 1.82) is 0 Å². The highest BCUT2D eigenvalue weighted by atomic mass is 32.2. The van der Waals surface area contributed by atoms with Crippen LogP contribution in [0.5, 0.6) is 0 Å². The van der Waals surface area contributed by atoms with Crippen LogP contribution in [0.2, 0.25) is 0 Å². The van der Waals surface area contributed by atoms with Gasteiger partial charge in [-0.15, -0.1) is 23.1 Å². The Balaban J connectivity index is 1.90. The Kier molecular flexibility index (Phi) is 4.49. The van der Waals surface area contributed by atoms with Gasteiger partial charge in [0, 0.05) is 32.4 Å². The highest BCUT2D eigenvalue weighted by molar-refractivity contribution is 7.99. The lowest BCUT2D eigenvalue weighted by atomic mass is 9.92. The van der Waals surface area contributed by atoms with Crippen molar-refractivity contribution in [3.8, 4) is 0 Å². The van der Waals surface area contributed by atoms with Crippen LogP contribution in [0.4, 0.5) is 0 Å². The first-order chi connectivity index (χ1) is 9.79. The highest BCUT2D eigenvalue weighted by Gasteiger charge is 2.31. The van der Waals surface area contributed by atoms with Gasteiger partial charge in [0.25, 0.3) is 0 Å². The summed E-state index contributed by atoms with van der Waals surface area (Å²) in [4.78, 5) is 4.36. The van der Waals surface area contributed by atoms with E-state index < -0.39 is 0 Å². The Morgan fingerprint density at radius 3 is 2.85 bits per heavy atom. The molecule has 1 N–H and O–H groups in total. The third-order valence-corrected chi connectivity index (χ3v) is 6.11. The molecule has 0 radical (unpaired) electrons. The van der Waals surface area contributed by atoms with Crippen molar-refractivity contribution < 1.29 is 0 Å². The minimum absolute atomic E-state index is 0.463. The molecule has 0 saturated carbocycles. The maximum Gasteiger partial charge on any atom is 0.0493 e. The maximum absolute atomic E-state index is 3.78. The molecule has 20 heavy (non-hydrogen) atoms. The Hall–Kier alpha value is -0.770. The van der Waals surface area contributed by atoms with Crippen molar-refractivity contribution in [3.05, 3.63) is 51.7 Å². The molecule has 0 amide bonds. The van der Waals surface area contributed by atoms with E-state index in [9.17, 15) is 0 Å². The van der Waals surface area contributed by atoms with E-state index >= 15 is 0 Å². The first-order valence-corrected chi connectivity index (χ1v) is 9.11. The van der Waals surface area contributed by atoms with Gasteiger partial charge in [-0.1, -0.05) is 25.1 Å². The van der Waals surface area contributed by atoms with E-state index in [1.807, 2.05) is 23.1 Å². The second-order valence-electron chi connectivity index (χ2n) is 5.34. The second kappa shape index (κ2) is 6.33. The molecule has 1 aliphatic heterocycles. The summed E-state index contributed by atoms with van der Waals surface area (Å²) < 4.78 is 0. The van der Waals surface area contributed by atoms with Crippen molar-refractivity contribution in [2.75, 3.05) is 12.3 Å². The van der Waals surface area contributed by atoms with Gasteiger partial charge in [0.2, 0.25) is 0 Å². The summed E-state index contributed by atoms with van der Waals surface area (Å²) in [7, 11) is 0. The van der Waals surface area contributed by atoms with Crippen LogP contribution in [0.15, 0.2) is 41.3 Å². The van der Waals surface area contributed by atoms with E-state index in [0.717, 1.165) is 6.54 Å². The number of fused-ring (bicyclic) bond motifs is 1. The predicted octanol–water partition coefficient (Wildman–Crippen LogP) is 4.99. The van der Waals surface area contributed by atoms with E-state index in [4.69, 9.17) is 0 Å². The molecule has 2 heterocycles. The molecule has 1 aliphatic rings. The lowest BCUT2D eigenvalue weighted by molar-refractivity contribution is 0.478. The van der Waals surface area contributed by atoms with Crippen molar-refractivity contribution in [1.82, 2.24) is 5.32 Å². The average molecular weight is 303 g/mol. The first kappa shape index (κ1) is 14.2. The van der Waals surface area contributed by atoms with Crippen LogP contribution in [0.1, 0.15) is 40.6 Å². The molecule has 2 aromatic rings. The first-order valence-electron chi connectivity index (χ1n) is 7.31. The molecule has 3 heteroatoms. The summed E-state index contributed by atoms with van der Waals surface area (Å²) in [6.45, 7) is 5.52. The molecule has 0 spiro atoms. The molecule has 106 valence electrons. The minimum Gasteiger partial charge on any atom is -0.309 e. The van der Waals surface area contributed by atoms with Crippen LogP contribution in [0, 0.1) is 6.92 Å². The lowest BCUT2D eigenvalue weighted by Crippen LogP contribution is -2.27. The topological polar surface area (TPSA) is 12.0 Å². The Morgan fingerprint density at radius 1 is 1.25 bits per heavy atom. The van der Waals surface area contributed by atoms with Crippen molar-refractivity contribution in [2.45, 2.75) is 37.1 Å². The number of thioether (sulfide) groups is 1. The van der Waals surface area contributed by atoms with Crippen LogP contribution in [-0.4, -0.2) is 12.3 Å². The summed E-state index contributed by atoms with van der Waals surface area (Å²) in [5, 5.41) is 3.78. The molecule has 2 atom stereocenters. The van der Waals surface area contributed by atoms with Crippen molar-refractivity contribution in [2.24, 2.45) is 0 Å². The second-order valence-corrected chi connectivity index (χ2v) is 7.72. The summed E-state index contributed by atoms with van der Waals surface area (Å²) in [5.74, 6) is 1.79. The molecule has 2 unspecified atom stereocenters. The van der Waals surface area contributed by atoms with Crippen LogP contribution in [0.3, 0.4) is 0 Å². The van der Waals surface area contributed by atoms with Crippen molar-refractivity contribution in [3.63, 3.8) is 0 Å². The Bertz CT molecular complexity index is 576. The molecule has 1 aromatic carbocycles. The summed E-state index contributed by atoms with van der Waals surface area (Å²) in [5.41, 5.74) is 1.53. The van der Waals surface area contributed by atoms with Gasteiger partial charge >= 0.3 is 0 Å². The number of hydrogen-bond acceptors (Lipinski definition) is 3. The number of thiophene rings is 1. The van der Waals surface area contributed by atoms with Gasteiger partial charge in [0.15, 0.2) is 0 Å². The molecular formula is C17H21NS2. The Labute approximate surface area is 129 Å². The molecule has 3 rings (SSSR count). The van der Waals surface area contributed by atoms with Gasteiger partial charge in [-0.3, -0.25) is 0 Å². The van der Waals surface area contributed by atoms with E-state index in [0.29, 0.717) is 12.0 Å². The minimum atomic E-state index is 0.463. The largest absolute Gasteiger partial charge is 0.309 e. The number of aryl methyl sites for hydroxylation is 1. The molecule has 1 nitrogen and oxygen atoms in total.